The predicted molar refractivity (Wildman–Crippen MR) is 28.3 cm³/mol. The van der Waals surface area contributed by atoms with Crippen LogP contribution in [0.25, 0.3) is 0 Å². The number of aromatic nitrogens is 2. The summed E-state index contributed by atoms with van der Waals surface area (Å²) in [5, 5.41) is 0. The van der Waals surface area contributed by atoms with Crippen LogP contribution in [0.5, 0.6) is 0 Å². The largest absolute Gasteiger partial charge is 0.489 e. The molecule has 1 aromatic heterocycles. The minimum Gasteiger partial charge on any atom is -0.245 e. The second-order valence-electron chi connectivity index (χ2n) is 1.86. The molecule has 0 bridgehead atoms. The maximum absolute atomic E-state index is 11.8. The molecule has 0 saturated carbocycles. The van der Waals surface area contributed by atoms with E-state index in [-0.39, 0.29) is 4.57 Å². The molecule has 0 fully saturated rings. The minimum absolute atomic E-state index is 0.160. The highest BCUT2D eigenvalue weighted by Gasteiger charge is 2.32. The van der Waals surface area contributed by atoms with Gasteiger partial charge in [0.2, 0.25) is 0 Å². The van der Waals surface area contributed by atoms with Crippen LogP contribution in [0.2, 0.25) is 0 Å². The zero-order valence-corrected chi connectivity index (χ0v) is 5.27. The van der Waals surface area contributed by atoms with Crippen molar-refractivity contribution in [3.63, 3.8) is 0 Å². The molecule has 11 heavy (non-hydrogen) atoms. The normalized spacial score (nSPS) is 12.0. The number of imidazole rings is 1. The van der Waals surface area contributed by atoms with E-state index >= 15 is 0 Å². The van der Waals surface area contributed by atoms with Gasteiger partial charge in [0.25, 0.3) is 0 Å². The van der Waals surface area contributed by atoms with Gasteiger partial charge in [-0.3, -0.25) is 0 Å². The number of rotatable bonds is 1. The first-order chi connectivity index (χ1) is 5.05. The molecule has 0 aliphatic heterocycles. The maximum Gasteiger partial charge on any atom is 0.489 e. The van der Waals surface area contributed by atoms with Crippen molar-refractivity contribution < 1.29 is 17.6 Å². The first-order valence-electron chi connectivity index (χ1n) is 2.70. The lowest BCUT2D eigenvalue weighted by Gasteiger charge is -2.08. The Morgan fingerprint density at radius 2 is 2.09 bits per heavy atom. The smallest absolute Gasteiger partial charge is 0.245 e. The summed E-state index contributed by atoms with van der Waals surface area (Å²) in [7, 11) is 0. The Morgan fingerprint density at radius 1 is 1.45 bits per heavy atom. The van der Waals surface area contributed by atoms with Crippen molar-refractivity contribution in [1.82, 2.24) is 9.55 Å². The number of hydrogen-bond acceptors (Lipinski definition) is 1. The van der Waals surface area contributed by atoms with Gasteiger partial charge in [0.05, 0.1) is 11.9 Å². The fraction of sp³-hybridized carbons (Fsp3) is 0.400. The van der Waals surface area contributed by atoms with Crippen molar-refractivity contribution in [2.45, 2.75) is 13.0 Å². The molecule has 0 aromatic carbocycles. The van der Waals surface area contributed by atoms with E-state index in [9.17, 15) is 17.6 Å². The molecule has 0 amide bonds. The summed E-state index contributed by atoms with van der Waals surface area (Å²) in [6.07, 6.45) is -3.19. The molecule has 6 heteroatoms. The molecule has 0 atom stereocenters. The standard InChI is InChI=1S/C5H4F4N2/c6-1-4-2-10-3-11(4)5(7,8)9/h2-3H,1H2. The van der Waals surface area contributed by atoms with Crippen LogP contribution in [0.3, 0.4) is 0 Å². The Morgan fingerprint density at radius 3 is 2.45 bits per heavy atom. The van der Waals surface area contributed by atoms with Crippen LogP contribution >= 0.6 is 0 Å². The van der Waals surface area contributed by atoms with Crippen LogP contribution in [-0.2, 0) is 13.0 Å². The Kier molecular flexibility index (Phi) is 1.84. The van der Waals surface area contributed by atoms with Crippen molar-refractivity contribution in [2.75, 3.05) is 0 Å². The lowest BCUT2D eigenvalue weighted by atomic mass is 10.5. The van der Waals surface area contributed by atoms with Crippen molar-refractivity contribution in [3.8, 4) is 0 Å². The fourth-order valence-corrected chi connectivity index (χ4v) is 0.650. The van der Waals surface area contributed by atoms with Gasteiger partial charge in [-0.15, -0.1) is 13.2 Å². The maximum atomic E-state index is 11.8. The highest BCUT2D eigenvalue weighted by atomic mass is 19.4. The summed E-state index contributed by atoms with van der Waals surface area (Å²) in [6.45, 7) is -1.17. The molecule has 0 spiro atoms. The number of halogens is 4. The molecular weight excluding hydrogens is 164 g/mol. The van der Waals surface area contributed by atoms with Crippen LogP contribution in [0.1, 0.15) is 5.69 Å². The number of nitrogens with zero attached hydrogens (tertiary/aromatic N) is 2. The first-order valence-corrected chi connectivity index (χ1v) is 2.70. The second kappa shape index (κ2) is 2.52. The van der Waals surface area contributed by atoms with Gasteiger partial charge in [-0.05, 0) is 0 Å². The van der Waals surface area contributed by atoms with Crippen molar-refractivity contribution >= 4 is 0 Å². The third-order valence-corrected chi connectivity index (χ3v) is 1.13. The van der Waals surface area contributed by atoms with Gasteiger partial charge in [0.1, 0.15) is 13.0 Å². The van der Waals surface area contributed by atoms with Crippen LogP contribution in [-0.4, -0.2) is 9.55 Å². The van der Waals surface area contributed by atoms with Gasteiger partial charge < -0.3 is 0 Å². The van der Waals surface area contributed by atoms with Gasteiger partial charge >= 0.3 is 6.30 Å². The fourth-order valence-electron chi connectivity index (χ4n) is 0.650. The van der Waals surface area contributed by atoms with E-state index in [2.05, 4.69) is 4.98 Å². The Hall–Kier alpha value is -1.07. The zero-order valence-electron chi connectivity index (χ0n) is 5.27. The Labute approximate surface area is 59.5 Å². The van der Waals surface area contributed by atoms with E-state index in [4.69, 9.17) is 0 Å². The third kappa shape index (κ3) is 1.50. The lowest BCUT2D eigenvalue weighted by Crippen LogP contribution is -2.17. The van der Waals surface area contributed by atoms with Gasteiger partial charge in [0.15, 0.2) is 0 Å². The van der Waals surface area contributed by atoms with E-state index in [1.54, 1.807) is 0 Å². The molecule has 62 valence electrons. The number of hydrogen-bond donors (Lipinski definition) is 0. The topological polar surface area (TPSA) is 17.8 Å². The van der Waals surface area contributed by atoms with Gasteiger partial charge in [-0.25, -0.2) is 13.9 Å². The van der Waals surface area contributed by atoms with E-state index in [1.165, 1.54) is 0 Å². The third-order valence-electron chi connectivity index (χ3n) is 1.13. The van der Waals surface area contributed by atoms with E-state index < -0.39 is 18.7 Å². The Balaban J connectivity index is 3.02. The molecule has 0 aliphatic carbocycles. The van der Waals surface area contributed by atoms with Crippen LogP contribution in [0, 0.1) is 0 Å². The monoisotopic (exact) mass is 168 g/mol. The summed E-state index contributed by atoms with van der Waals surface area (Å²) >= 11 is 0. The van der Waals surface area contributed by atoms with Crippen molar-refractivity contribution in [2.24, 2.45) is 0 Å². The Bertz CT molecular complexity index is 239. The molecule has 1 rings (SSSR count). The summed E-state index contributed by atoms with van der Waals surface area (Å²) in [5.41, 5.74) is -0.488. The van der Waals surface area contributed by atoms with Crippen molar-refractivity contribution in [1.29, 1.82) is 0 Å². The van der Waals surface area contributed by atoms with Crippen molar-refractivity contribution in [3.05, 3.63) is 18.2 Å². The summed E-state index contributed by atoms with van der Waals surface area (Å²) < 4.78 is 47.1. The van der Waals surface area contributed by atoms with E-state index in [0.29, 0.717) is 6.33 Å². The molecule has 1 aromatic rings. The van der Waals surface area contributed by atoms with Gasteiger partial charge in [-0.2, -0.15) is 0 Å². The molecular formula is C5H4F4N2. The van der Waals surface area contributed by atoms with Gasteiger partial charge in [0, 0.05) is 0 Å². The van der Waals surface area contributed by atoms with Crippen LogP contribution < -0.4 is 0 Å². The summed E-state index contributed by atoms with van der Waals surface area (Å²) in [4.78, 5) is 3.16. The van der Waals surface area contributed by atoms with Gasteiger partial charge in [-0.1, -0.05) is 0 Å². The lowest BCUT2D eigenvalue weighted by molar-refractivity contribution is -0.205. The number of alkyl halides is 4. The molecule has 0 N–H and O–H groups in total. The molecule has 0 radical (unpaired) electrons. The molecule has 0 saturated heterocycles. The average Bonchev–Trinajstić information content (AvgIpc) is 2.31. The second-order valence-corrected chi connectivity index (χ2v) is 1.86. The van der Waals surface area contributed by atoms with E-state index in [0.717, 1.165) is 6.20 Å². The predicted octanol–water partition coefficient (Wildman–Crippen LogP) is 1.83. The quantitative estimate of drug-likeness (QED) is 0.585. The average molecular weight is 168 g/mol. The summed E-state index contributed by atoms with van der Waals surface area (Å²) in [6, 6.07) is 0. The molecule has 2 nitrogen and oxygen atoms in total. The van der Waals surface area contributed by atoms with E-state index in [1.807, 2.05) is 0 Å². The minimum atomic E-state index is -4.57. The zero-order chi connectivity index (χ0) is 8.48. The van der Waals surface area contributed by atoms with Crippen LogP contribution in [0.4, 0.5) is 17.6 Å². The molecule has 0 unspecified atom stereocenters. The molecule has 1 heterocycles. The highest BCUT2D eigenvalue weighted by Crippen LogP contribution is 2.23. The highest BCUT2D eigenvalue weighted by molar-refractivity contribution is 4.97. The summed E-state index contributed by atoms with van der Waals surface area (Å²) in [5.74, 6) is 0. The molecule has 0 aliphatic rings. The van der Waals surface area contributed by atoms with Crippen LogP contribution in [0.15, 0.2) is 12.5 Å². The SMILES string of the molecule is FCc1cncn1C(F)(F)F. The first kappa shape index (κ1) is 8.03.